The average molecular weight is 517 g/mol. The smallest absolute Gasteiger partial charge is 0.222 e. The zero-order chi connectivity index (χ0) is 26.2. The number of hydrogen-bond donors (Lipinski definition) is 2. The third-order valence-corrected chi connectivity index (χ3v) is 12.5. The second kappa shape index (κ2) is 11.5. The number of hydrogen-bond acceptors (Lipinski definition) is 4. The number of piperazine rings is 1. The highest BCUT2D eigenvalue weighted by Crippen LogP contribution is 2.66. The van der Waals surface area contributed by atoms with E-state index in [2.05, 4.69) is 30.6 Å². The fourth-order valence-electron chi connectivity index (χ4n) is 10.1. The van der Waals surface area contributed by atoms with E-state index in [0.29, 0.717) is 29.6 Å². The lowest BCUT2D eigenvalue weighted by atomic mass is 9.44. The maximum absolute atomic E-state index is 12.8. The fraction of sp³-hybridized carbons (Fsp3) is 0.969. The standard InChI is InChI=1S/C32H56N2O3/c1-4-5-6-7-8-9-10-30(37)34-19-17-33(18-20-34)27-22-32(3)23(21-28(27)35)11-12-24-25-13-14-29(36)31(25,2)16-15-26(24)32/h23-29,35-36H,4-22H2,1-3H3/t23-,24-,25-,26-,27-,28-,29-,31-,32-/m0/s1. The summed E-state index contributed by atoms with van der Waals surface area (Å²) in [5.41, 5.74) is 0.433. The predicted molar refractivity (Wildman–Crippen MR) is 149 cm³/mol. The quantitative estimate of drug-likeness (QED) is 0.411. The largest absolute Gasteiger partial charge is 0.393 e. The molecule has 0 unspecified atom stereocenters. The lowest BCUT2D eigenvalue weighted by Crippen LogP contribution is -2.62. The van der Waals surface area contributed by atoms with Gasteiger partial charge in [-0.05, 0) is 92.3 Å². The molecule has 1 amide bonds. The number of carbonyl (C=O) groups is 1. The van der Waals surface area contributed by atoms with Gasteiger partial charge in [0.25, 0.3) is 0 Å². The minimum absolute atomic E-state index is 0.107. The summed E-state index contributed by atoms with van der Waals surface area (Å²) in [6, 6.07) is 0.235. The van der Waals surface area contributed by atoms with E-state index in [1.54, 1.807) is 0 Å². The normalized spacial score (nSPS) is 44.2. The Balaban J connectivity index is 1.16. The minimum Gasteiger partial charge on any atom is -0.393 e. The number of nitrogens with zero attached hydrogens (tertiary/aromatic N) is 2. The van der Waals surface area contributed by atoms with Crippen molar-refractivity contribution in [1.82, 2.24) is 9.80 Å². The topological polar surface area (TPSA) is 64.0 Å². The number of carbonyl (C=O) groups excluding carboxylic acids is 1. The maximum atomic E-state index is 12.8. The van der Waals surface area contributed by atoms with E-state index >= 15 is 0 Å². The molecule has 4 aliphatic carbocycles. The number of amides is 1. The van der Waals surface area contributed by atoms with Gasteiger partial charge < -0.3 is 15.1 Å². The molecule has 0 spiro atoms. The van der Waals surface area contributed by atoms with E-state index in [1.165, 1.54) is 64.2 Å². The lowest BCUT2D eigenvalue weighted by molar-refractivity contribution is -0.156. The van der Waals surface area contributed by atoms with Crippen LogP contribution in [-0.2, 0) is 4.79 Å². The first-order chi connectivity index (χ1) is 17.8. The molecule has 5 aliphatic rings. The molecule has 1 heterocycles. The molecule has 0 aromatic heterocycles. The van der Waals surface area contributed by atoms with Crippen LogP contribution in [0.25, 0.3) is 0 Å². The lowest BCUT2D eigenvalue weighted by Gasteiger charge is -2.62. The van der Waals surface area contributed by atoms with E-state index in [-0.39, 0.29) is 23.7 Å². The molecule has 4 saturated carbocycles. The summed E-state index contributed by atoms with van der Waals surface area (Å²) < 4.78 is 0. The number of unbranched alkanes of at least 4 members (excludes halogenated alkanes) is 5. The molecular formula is C32H56N2O3. The molecule has 212 valence electrons. The van der Waals surface area contributed by atoms with Crippen molar-refractivity contribution in [3.8, 4) is 0 Å². The SMILES string of the molecule is CCCCCCCCC(=O)N1CCN([C@H]2C[C@@]3(C)[C@@H](CC[C@@H]4[C@@H]3CC[C@]3(C)[C@@H](O)CC[C@@H]43)C[C@@H]2O)CC1. The van der Waals surface area contributed by atoms with Gasteiger partial charge >= 0.3 is 0 Å². The van der Waals surface area contributed by atoms with Crippen LogP contribution in [0.5, 0.6) is 0 Å². The first kappa shape index (κ1) is 27.9. The monoisotopic (exact) mass is 516 g/mol. The summed E-state index contributed by atoms with van der Waals surface area (Å²) in [6.45, 7) is 10.7. The molecule has 37 heavy (non-hydrogen) atoms. The van der Waals surface area contributed by atoms with Gasteiger partial charge in [-0.3, -0.25) is 9.69 Å². The van der Waals surface area contributed by atoms with E-state index in [9.17, 15) is 15.0 Å². The van der Waals surface area contributed by atoms with Gasteiger partial charge in [0, 0.05) is 38.6 Å². The molecule has 5 nitrogen and oxygen atoms in total. The summed E-state index contributed by atoms with van der Waals surface area (Å²) in [6.07, 6.45) is 17.0. The summed E-state index contributed by atoms with van der Waals surface area (Å²) in [4.78, 5) is 17.4. The average Bonchev–Trinajstić information content (AvgIpc) is 3.20. The highest BCUT2D eigenvalue weighted by Gasteiger charge is 2.61. The second-order valence-electron chi connectivity index (χ2n) is 14.3. The van der Waals surface area contributed by atoms with Crippen molar-refractivity contribution in [1.29, 1.82) is 0 Å². The molecule has 0 aromatic rings. The molecule has 5 rings (SSSR count). The molecule has 1 aliphatic heterocycles. The van der Waals surface area contributed by atoms with Crippen molar-refractivity contribution in [3.05, 3.63) is 0 Å². The predicted octanol–water partition coefficient (Wildman–Crippen LogP) is 5.62. The number of rotatable bonds is 8. The Hall–Kier alpha value is -0.650. The number of aliphatic hydroxyl groups is 2. The Bertz CT molecular complexity index is 782. The van der Waals surface area contributed by atoms with E-state index in [1.807, 2.05) is 0 Å². The minimum atomic E-state index is -0.234. The Morgan fingerprint density at radius 2 is 1.54 bits per heavy atom. The van der Waals surface area contributed by atoms with Gasteiger partial charge in [-0.25, -0.2) is 0 Å². The molecule has 5 heteroatoms. The molecular weight excluding hydrogens is 460 g/mol. The van der Waals surface area contributed by atoms with Crippen LogP contribution < -0.4 is 0 Å². The molecule has 2 N–H and O–H groups in total. The van der Waals surface area contributed by atoms with Crippen molar-refractivity contribution in [2.24, 2.45) is 34.5 Å². The number of fused-ring (bicyclic) bond motifs is 5. The molecule has 5 fully saturated rings. The Kier molecular flexibility index (Phi) is 8.64. The van der Waals surface area contributed by atoms with Gasteiger partial charge in [-0.1, -0.05) is 52.9 Å². The van der Waals surface area contributed by atoms with Crippen molar-refractivity contribution in [2.75, 3.05) is 26.2 Å². The number of aliphatic hydroxyl groups excluding tert-OH is 2. The zero-order valence-corrected chi connectivity index (χ0v) is 24.2. The summed E-state index contributed by atoms with van der Waals surface area (Å²) >= 11 is 0. The van der Waals surface area contributed by atoms with E-state index in [0.717, 1.165) is 63.7 Å². The van der Waals surface area contributed by atoms with Crippen molar-refractivity contribution < 1.29 is 15.0 Å². The molecule has 9 atom stereocenters. The molecule has 1 saturated heterocycles. The van der Waals surface area contributed by atoms with Crippen molar-refractivity contribution in [3.63, 3.8) is 0 Å². The highest BCUT2D eigenvalue weighted by atomic mass is 16.3. The molecule has 0 bridgehead atoms. The maximum Gasteiger partial charge on any atom is 0.222 e. The zero-order valence-electron chi connectivity index (χ0n) is 24.2. The van der Waals surface area contributed by atoms with Crippen LogP contribution in [-0.4, -0.2) is 70.3 Å². The van der Waals surface area contributed by atoms with Crippen molar-refractivity contribution >= 4 is 5.91 Å². The van der Waals surface area contributed by atoms with Crippen LogP contribution in [0, 0.1) is 34.5 Å². The highest BCUT2D eigenvalue weighted by molar-refractivity contribution is 5.76. The van der Waals surface area contributed by atoms with Gasteiger partial charge in [0.2, 0.25) is 5.91 Å². The van der Waals surface area contributed by atoms with Crippen LogP contribution in [0.1, 0.15) is 117 Å². The van der Waals surface area contributed by atoms with Crippen molar-refractivity contribution in [2.45, 2.75) is 135 Å². The van der Waals surface area contributed by atoms with Gasteiger partial charge in [0.05, 0.1) is 12.2 Å². The van der Waals surface area contributed by atoms with Gasteiger partial charge in [-0.15, -0.1) is 0 Å². The van der Waals surface area contributed by atoms with Crippen LogP contribution in [0.4, 0.5) is 0 Å². The first-order valence-corrected chi connectivity index (χ1v) is 16.2. The Morgan fingerprint density at radius 3 is 2.30 bits per heavy atom. The first-order valence-electron chi connectivity index (χ1n) is 16.2. The van der Waals surface area contributed by atoms with Crippen LogP contribution in [0.2, 0.25) is 0 Å². The molecule has 0 radical (unpaired) electrons. The summed E-state index contributed by atoms with van der Waals surface area (Å²) in [7, 11) is 0. The van der Waals surface area contributed by atoms with Crippen LogP contribution in [0.3, 0.4) is 0 Å². The van der Waals surface area contributed by atoms with Gasteiger partial charge in [0.1, 0.15) is 0 Å². The van der Waals surface area contributed by atoms with E-state index < -0.39 is 0 Å². The van der Waals surface area contributed by atoms with Gasteiger partial charge in [-0.2, -0.15) is 0 Å². The van der Waals surface area contributed by atoms with Crippen LogP contribution >= 0.6 is 0 Å². The van der Waals surface area contributed by atoms with Crippen LogP contribution in [0.15, 0.2) is 0 Å². The third kappa shape index (κ3) is 5.27. The fourth-order valence-corrected chi connectivity index (χ4v) is 10.1. The Labute approximate surface area is 226 Å². The molecule has 0 aromatic carbocycles. The van der Waals surface area contributed by atoms with Gasteiger partial charge in [0.15, 0.2) is 0 Å². The Morgan fingerprint density at radius 1 is 0.838 bits per heavy atom. The van der Waals surface area contributed by atoms with E-state index in [4.69, 9.17) is 0 Å². The summed E-state index contributed by atoms with van der Waals surface area (Å²) in [5.74, 6) is 3.15. The summed E-state index contributed by atoms with van der Waals surface area (Å²) in [5, 5.41) is 22.1. The second-order valence-corrected chi connectivity index (χ2v) is 14.3. The third-order valence-electron chi connectivity index (χ3n) is 12.5.